The number of hydrogen-bond donors (Lipinski definition) is 1. The summed E-state index contributed by atoms with van der Waals surface area (Å²) < 4.78 is 35.5. The second-order valence-corrected chi connectivity index (χ2v) is 9.73. The van der Waals surface area contributed by atoms with Crippen molar-refractivity contribution >= 4 is 16.1 Å². The summed E-state index contributed by atoms with van der Waals surface area (Å²) in [6, 6.07) is 2.95. The van der Waals surface area contributed by atoms with Crippen LogP contribution in [0.3, 0.4) is 0 Å². The van der Waals surface area contributed by atoms with Gasteiger partial charge in [-0.15, -0.1) is 5.10 Å². The lowest BCUT2D eigenvalue weighted by Gasteiger charge is -2.44. The van der Waals surface area contributed by atoms with Gasteiger partial charge in [-0.3, -0.25) is 4.98 Å². The smallest absolute Gasteiger partial charge is 0.317 e. The van der Waals surface area contributed by atoms with Crippen LogP contribution in [-0.2, 0) is 34.5 Å². The molecule has 0 bridgehead atoms. The van der Waals surface area contributed by atoms with Crippen LogP contribution < -0.4 is 5.32 Å². The topological polar surface area (TPSA) is 123 Å². The summed E-state index contributed by atoms with van der Waals surface area (Å²) in [6.07, 6.45) is 4.33. The zero-order valence-corrected chi connectivity index (χ0v) is 17.8. The third kappa shape index (κ3) is 3.89. The second kappa shape index (κ2) is 7.93. The van der Waals surface area contributed by atoms with E-state index in [2.05, 4.69) is 20.6 Å². The van der Waals surface area contributed by atoms with Crippen LogP contribution in [0.2, 0.25) is 0 Å². The van der Waals surface area contributed by atoms with Crippen molar-refractivity contribution in [2.24, 2.45) is 0 Å². The van der Waals surface area contributed by atoms with Gasteiger partial charge in [-0.05, 0) is 25.0 Å². The highest BCUT2D eigenvalue weighted by Crippen LogP contribution is 2.34. The molecule has 1 atom stereocenters. The molecule has 2 aliphatic heterocycles. The Morgan fingerprint density at radius 1 is 1.37 bits per heavy atom. The number of hydrogen-bond acceptors (Lipinski definition) is 7. The molecule has 0 radical (unpaired) electrons. The molecule has 0 aromatic carbocycles. The molecule has 12 heteroatoms. The van der Waals surface area contributed by atoms with Gasteiger partial charge in [0.05, 0.1) is 25.4 Å². The highest BCUT2D eigenvalue weighted by atomic mass is 32.2. The van der Waals surface area contributed by atoms with Gasteiger partial charge in [-0.1, -0.05) is 5.21 Å². The standard InChI is InChI=1S/C18H25N7O4S/c1-23(2)17(26)20-10-15-16-11-29-18(13-25(16)22-21-15)6-4-8-24(12-18)30(27,28)14-5-3-7-19-9-14/h3,5,7,9H,4,6,8,10-13H2,1-2H3,(H,20,26). The van der Waals surface area contributed by atoms with Gasteiger partial charge in [0.2, 0.25) is 10.0 Å². The molecule has 1 unspecified atom stereocenters. The second-order valence-electron chi connectivity index (χ2n) is 7.80. The van der Waals surface area contributed by atoms with E-state index in [1.165, 1.54) is 15.4 Å². The maximum atomic E-state index is 13.0. The molecule has 1 spiro atoms. The first-order valence-corrected chi connectivity index (χ1v) is 11.2. The number of nitrogens with zero attached hydrogens (tertiary/aromatic N) is 6. The van der Waals surface area contributed by atoms with Crippen LogP contribution in [0.15, 0.2) is 29.4 Å². The summed E-state index contributed by atoms with van der Waals surface area (Å²) in [5.74, 6) is 0. The van der Waals surface area contributed by atoms with Crippen LogP contribution in [-0.4, -0.2) is 76.4 Å². The van der Waals surface area contributed by atoms with Crippen LogP contribution in [0, 0.1) is 0 Å². The third-order valence-electron chi connectivity index (χ3n) is 5.46. The number of pyridine rings is 1. The van der Waals surface area contributed by atoms with Crippen molar-refractivity contribution in [1.29, 1.82) is 0 Å². The summed E-state index contributed by atoms with van der Waals surface area (Å²) in [7, 11) is -0.314. The highest BCUT2D eigenvalue weighted by Gasteiger charge is 2.44. The van der Waals surface area contributed by atoms with Gasteiger partial charge < -0.3 is 15.0 Å². The van der Waals surface area contributed by atoms with E-state index in [-0.39, 0.29) is 30.6 Å². The summed E-state index contributed by atoms with van der Waals surface area (Å²) in [5, 5.41) is 11.2. The number of aromatic nitrogens is 4. The Kier molecular flexibility index (Phi) is 5.47. The van der Waals surface area contributed by atoms with Gasteiger partial charge in [-0.2, -0.15) is 4.31 Å². The summed E-state index contributed by atoms with van der Waals surface area (Å²) in [5.41, 5.74) is 0.792. The van der Waals surface area contributed by atoms with E-state index in [0.29, 0.717) is 25.2 Å². The normalized spacial score (nSPS) is 21.9. The highest BCUT2D eigenvalue weighted by molar-refractivity contribution is 7.89. The molecule has 0 saturated carbocycles. The molecule has 2 aliphatic rings. The number of urea groups is 1. The van der Waals surface area contributed by atoms with E-state index in [9.17, 15) is 13.2 Å². The Morgan fingerprint density at radius 2 is 2.20 bits per heavy atom. The molecule has 2 amide bonds. The molecule has 0 aliphatic carbocycles. The van der Waals surface area contributed by atoms with E-state index < -0.39 is 15.6 Å². The Labute approximate surface area is 175 Å². The molecule has 4 rings (SSSR count). The predicted octanol–water partition coefficient (Wildman–Crippen LogP) is 0.198. The van der Waals surface area contributed by atoms with Crippen molar-refractivity contribution < 1.29 is 17.9 Å². The van der Waals surface area contributed by atoms with Gasteiger partial charge in [0.1, 0.15) is 16.2 Å². The minimum atomic E-state index is -3.64. The van der Waals surface area contributed by atoms with Crippen LogP contribution in [0.1, 0.15) is 24.2 Å². The molecule has 1 N–H and O–H groups in total. The Morgan fingerprint density at radius 3 is 2.93 bits per heavy atom. The number of ether oxygens (including phenoxy) is 1. The average molecular weight is 436 g/mol. The minimum Gasteiger partial charge on any atom is -0.365 e. The number of rotatable bonds is 4. The number of fused-ring (bicyclic) bond motifs is 1. The maximum Gasteiger partial charge on any atom is 0.317 e. The van der Waals surface area contributed by atoms with Gasteiger partial charge in [0, 0.05) is 39.6 Å². The lowest BCUT2D eigenvalue weighted by molar-refractivity contribution is -0.117. The SMILES string of the molecule is CN(C)C(=O)NCc1nnn2c1COC1(CCCN(S(=O)(=O)c3cccnc3)C1)C2. The third-order valence-corrected chi connectivity index (χ3v) is 7.29. The first-order chi connectivity index (χ1) is 14.3. The molecule has 1 fully saturated rings. The van der Waals surface area contributed by atoms with Gasteiger partial charge in [0.25, 0.3) is 0 Å². The van der Waals surface area contributed by atoms with E-state index in [1.807, 2.05) is 0 Å². The molecule has 162 valence electrons. The fraction of sp³-hybridized carbons (Fsp3) is 0.556. The molecule has 30 heavy (non-hydrogen) atoms. The molecule has 2 aromatic heterocycles. The van der Waals surface area contributed by atoms with Crippen molar-refractivity contribution in [3.8, 4) is 0 Å². The summed E-state index contributed by atoms with van der Waals surface area (Å²) in [4.78, 5) is 17.3. The molecular formula is C18H25N7O4S. The Hall–Kier alpha value is -2.57. The lowest BCUT2D eigenvalue weighted by Crippen LogP contribution is -2.55. The van der Waals surface area contributed by atoms with Gasteiger partial charge in [0.15, 0.2) is 0 Å². The van der Waals surface area contributed by atoms with Crippen LogP contribution in [0.4, 0.5) is 4.79 Å². The van der Waals surface area contributed by atoms with E-state index in [0.717, 1.165) is 12.1 Å². The quantitative estimate of drug-likeness (QED) is 0.728. The number of piperidine rings is 1. The number of carbonyl (C=O) groups excluding carboxylic acids is 1. The fourth-order valence-electron chi connectivity index (χ4n) is 3.81. The predicted molar refractivity (Wildman–Crippen MR) is 106 cm³/mol. The van der Waals surface area contributed by atoms with Crippen molar-refractivity contribution in [2.75, 3.05) is 27.2 Å². The largest absolute Gasteiger partial charge is 0.365 e. The zero-order valence-electron chi connectivity index (χ0n) is 17.0. The molecule has 4 heterocycles. The number of carbonyl (C=O) groups is 1. The summed E-state index contributed by atoms with van der Waals surface area (Å²) >= 11 is 0. The fourth-order valence-corrected chi connectivity index (χ4v) is 5.32. The van der Waals surface area contributed by atoms with Crippen molar-refractivity contribution in [1.82, 2.24) is 34.5 Å². The van der Waals surface area contributed by atoms with E-state index >= 15 is 0 Å². The molecular weight excluding hydrogens is 410 g/mol. The summed E-state index contributed by atoms with van der Waals surface area (Å²) in [6.45, 7) is 1.62. The number of nitrogens with one attached hydrogen (secondary N) is 1. The van der Waals surface area contributed by atoms with Crippen LogP contribution in [0.5, 0.6) is 0 Å². The van der Waals surface area contributed by atoms with Gasteiger partial charge >= 0.3 is 6.03 Å². The van der Waals surface area contributed by atoms with E-state index in [4.69, 9.17) is 4.74 Å². The zero-order chi connectivity index (χ0) is 21.4. The van der Waals surface area contributed by atoms with Crippen molar-refractivity contribution in [3.05, 3.63) is 35.9 Å². The van der Waals surface area contributed by atoms with Crippen molar-refractivity contribution in [2.45, 2.75) is 43.0 Å². The monoisotopic (exact) mass is 435 g/mol. The minimum absolute atomic E-state index is 0.179. The van der Waals surface area contributed by atoms with E-state index in [1.54, 1.807) is 37.1 Å². The average Bonchev–Trinajstić information content (AvgIpc) is 3.14. The maximum absolute atomic E-state index is 13.0. The first-order valence-electron chi connectivity index (χ1n) is 9.71. The Balaban J connectivity index is 1.49. The molecule has 2 aromatic rings. The molecule has 11 nitrogen and oxygen atoms in total. The van der Waals surface area contributed by atoms with Crippen LogP contribution >= 0.6 is 0 Å². The number of amides is 2. The lowest BCUT2D eigenvalue weighted by atomic mass is 9.92. The molecule has 1 saturated heterocycles. The van der Waals surface area contributed by atoms with Crippen LogP contribution in [0.25, 0.3) is 0 Å². The van der Waals surface area contributed by atoms with Gasteiger partial charge in [-0.25, -0.2) is 17.9 Å². The van der Waals surface area contributed by atoms with Crippen molar-refractivity contribution in [3.63, 3.8) is 0 Å². The Bertz CT molecular complexity index is 1020. The number of sulfonamides is 1. The first kappa shape index (κ1) is 20.7.